The smallest absolute Gasteiger partial charge is 0.324 e. The highest BCUT2D eigenvalue weighted by molar-refractivity contribution is 7.89. The van der Waals surface area contributed by atoms with Crippen molar-refractivity contribution < 1.29 is 17.9 Å². The Morgan fingerprint density at radius 1 is 1.19 bits per heavy atom. The number of ether oxygens (including phenoxy) is 1. The normalized spacial score (nSPS) is 18.4. The molecule has 1 unspecified atom stereocenters. The fraction of sp³-hybridized carbons (Fsp3) is 0.333. The van der Waals surface area contributed by atoms with Gasteiger partial charge in [0.1, 0.15) is 17.8 Å². The number of hydrogen-bond donors (Lipinski definition) is 0. The summed E-state index contributed by atoms with van der Waals surface area (Å²) >= 11 is 5.73. The van der Waals surface area contributed by atoms with Crippen molar-refractivity contribution in [1.29, 1.82) is 0 Å². The van der Waals surface area contributed by atoms with Crippen molar-refractivity contribution in [2.24, 2.45) is 0 Å². The number of halogens is 1. The van der Waals surface area contributed by atoms with Gasteiger partial charge in [0, 0.05) is 18.3 Å². The van der Waals surface area contributed by atoms with E-state index in [1.165, 1.54) is 22.6 Å². The fourth-order valence-electron chi connectivity index (χ4n) is 2.90. The number of hydrogen-bond acceptors (Lipinski definition) is 5. The first kappa shape index (κ1) is 18.8. The third-order valence-electron chi connectivity index (χ3n) is 4.25. The van der Waals surface area contributed by atoms with Crippen LogP contribution in [0, 0.1) is 0 Å². The Bertz CT molecular complexity index is 857. The number of aromatic nitrogens is 1. The number of esters is 1. The first-order valence-electron chi connectivity index (χ1n) is 8.32. The molecule has 1 aliphatic heterocycles. The zero-order chi connectivity index (χ0) is 18.6. The minimum absolute atomic E-state index is 0.0265. The SMILES string of the molecule is O=C(OCc1ccc(Cl)nc1)C1CCCCN1S(=O)(=O)c1ccccc1. The molecular formula is C18H19ClN2O4S. The molecule has 2 aromatic rings. The van der Waals surface area contributed by atoms with Gasteiger partial charge < -0.3 is 4.74 Å². The monoisotopic (exact) mass is 394 g/mol. The zero-order valence-electron chi connectivity index (χ0n) is 14.0. The second-order valence-corrected chi connectivity index (χ2v) is 8.32. The van der Waals surface area contributed by atoms with E-state index in [9.17, 15) is 13.2 Å². The minimum atomic E-state index is -3.74. The molecule has 0 radical (unpaired) electrons. The third kappa shape index (κ3) is 4.23. The summed E-state index contributed by atoms with van der Waals surface area (Å²) in [6, 6.07) is 10.7. The number of nitrogens with zero attached hydrogens (tertiary/aromatic N) is 2. The first-order valence-corrected chi connectivity index (χ1v) is 10.1. The van der Waals surface area contributed by atoms with E-state index in [0.29, 0.717) is 23.7 Å². The largest absolute Gasteiger partial charge is 0.460 e. The summed E-state index contributed by atoms with van der Waals surface area (Å²) in [5.74, 6) is -0.542. The van der Waals surface area contributed by atoms with E-state index < -0.39 is 22.0 Å². The molecule has 1 aromatic carbocycles. The molecule has 0 bridgehead atoms. The van der Waals surface area contributed by atoms with Crippen LogP contribution in [0.4, 0.5) is 0 Å². The molecule has 3 rings (SSSR count). The summed E-state index contributed by atoms with van der Waals surface area (Å²) in [6.07, 6.45) is 3.47. The maximum atomic E-state index is 12.9. The maximum absolute atomic E-state index is 12.9. The number of carbonyl (C=O) groups is 1. The molecule has 138 valence electrons. The van der Waals surface area contributed by atoms with Gasteiger partial charge >= 0.3 is 5.97 Å². The fourth-order valence-corrected chi connectivity index (χ4v) is 4.68. The summed E-state index contributed by atoms with van der Waals surface area (Å²) in [4.78, 5) is 16.7. The van der Waals surface area contributed by atoms with Crippen molar-refractivity contribution in [1.82, 2.24) is 9.29 Å². The number of pyridine rings is 1. The number of carbonyl (C=O) groups excluding carboxylic acids is 1. The van der Waals surface area contributed by atoms with Gasteiger partial charge in [0.2, 0.25) is 10.0 Å². The van der Waals surface area contributed by atoms with Gasteiger partial charge in [-0.1, -0.05) is 35.9 Å². The van der Waals surface area contributed by atoms with Gasteiger partial charge in [0.15, 0.2) is 0 Å². The molecule has 2 heterocycles. The molecule has 1 atom stereocenters. The van der Waals surface area contributed by atoms with Gasteiger partial charge in [0.25, 0.3) is 0 Å². The van der Waals surface area contributed by atoms with Gasteiger partial charge in [-0.05, 0) is 37.5 Å². The second-order valence-electron chi connectivity index (χ2n) is 6.04. The van der Waals surface area contributed by atoms with Crippen LogP contribution in [0.3, 0.4) is 0 Å². The van der Waals surface area contributed by atoms with Crippen LogP contribution in [0.5, 0.6) is 0 Å². The molecule has 0 amide bonds. The zero-order valence-corrected chi connectivity index (χ0v) is 15.6. The van der Waals surface area contributed by atoms with Crippen LogP contribution in [0.15, 0.2) is 53.6 Å². The lowest BCUT2D eigenvalue weighted by Gasteiger charge is -2.33. The highest BCUT2D eigenvalue weighted by Gasteiger charge is 2.38. The Balaban J connectivity index is 1.74. The van der Waals surface area contributed by atoms with Crippen LogP contribution in [-0.4, -0.2) is 36.3 Å². The molecular weight excluding hydrogens is 376 g/mol. The van der Waals surface area contributed by atoms with Crippen LogP contribution >= 0.6 is 11.6 Å². The van der Waals surface area contributed by atoms with Gasteiger partial charge in [-0.15, -0.1) is 0 Å². The lowest BCUT2D eigenvalue weighted by Crippen LogP contribution is -2.48. The topological polar surface area (TPSA) is 76.6 Å². The van der Waals surface area contributed by atoms with Crippen molar-refractivity contribution in [2.45, 2.75) is 36.8 Å². The summed E-state index contributed by atoms with van der Waals surface area (Å²) in [7, 11) is -3.74. The standard InChI is InChI=1S/C18H19ClN2O4S/c19-17-10-9-14(12-20-17)13-25-18(22)16-8-4-5-11-21(16)26(23,24)15-6-2-1-3-7-15/h1-3,6-7,9-10,12,16H,4-5,8,11,13H2. The van der Waals surface area contributed by atoms with E-state index in [1.807, 2.05) is 0 Å². The third-order valence-corrected chi connectivity index (χ3v) is 6.39. The van der Waals surface area contributed by atoms with Crippen molar-refractivity contribution in [3.05, 3.63) is 59.4 Å². The molecule has 1 saturated heterocycles. The Morgan fingerprint density at radius 2 is 1.96 bits per heavy atom. The predicted molar refractivity (Wildman–Crippen MR) is 97.0 cm³/mol. The van der Waals surface area contributed by atoms with Crippen molar-refractivity contribution in [2.75, 3.05) is 6.54 Å². The van der Waals surface area contributed by atoms with Crippen molar-refractivity contribution in [3.63, 3.8) is 0 Å². The number of sulfonamides is 1. The molecule has 0 N–H and O–H groups in total. The van der Waals surface area contributed by atoms with Crippen molar-refractivity contribution >= 4 is 27.6 Å². The summed E-state index contributed by atoms with van der Waals surface area (Å²) in [6.45, 7) is 0.332. The summed E-state index contributed by atoms with van der Waals surface area (Å²) in [5, 5.41) is 0.354. The van der Waals surface area contributed by atoms with Crippen LogP contribution in [0.25, 0.3) is 0 Å². The van der Waals surface area contributed by atoms with Gasteiger partial charge in [0.05, 0.1) is 4.90 Å². The molecule has 0 aliphatic carbocycles. The molecule has 1 fully saturated rings. The Labute approximate surface area is 157 Å². The van der Waals surface area contributed by atoms with E-state index in [2.05, 4.69) is 4.98 Å². The van der Waals surface area contributed by atoms with E-state index >= 15 is 0 Å². The Morgan fingerprint density at radius 3 is 2.65 bits per heavy atom. The van der Waals surface area contributed by atoms with E-state index in [1.54, 1.807) is 30.3 Å². The Hall–Kier alpha value is -1.96. The average Bonchev–Trinajstić information content (AvgIpc) is 2.68. The predicted octanol–water partition coefficient (Wildman–Crippen LogP) is 3.02. The van der Waals surface area contributed by atoms with Crippen LogP contribution < -0.4 is 0 Å². The van der Waals surface area contributed by atoms with Crippen LogP contribution in [0.2, 0.25) is 5.15 Å². The average molecular weight is 395 g/mol. The molecule has 1 aliphatic rings. The lowest BCUT2D eigenvalue weighted by molar-refractivity contribution is -0.150. The van der Waals surface area contributed by atoms with Crippen molar-refractivity contribution in [3.8, 4) is 0 Å². The maximum Gasteiger partial charge on any atom is 0.324 e. The molecule has 6 nitrogen and oxygen atoms in total. The number of benzene rings is 1. The van der Waals surface area contributed by atoms with Crippen LogP contribution in [0.1, 0.15) is 24.8 Å². The quantitative estimate of drug-likeness (QED) is 0.575. The van der Waals surface area contributed by atoms with Gasteiger partial charge in [-0.2, -0.15) is 4.31 Å². The van der Waals surface area contributed by atoms with Crippen LogP contribution in [-0.2, 0) is 26.2 Å². The molecule has 0 saturated carbocycles. The molecule has 0 spiro atoms. The first-order chi connectivity index (χ1) is 12.5. The van der Waals surface area contributed by atoms with Gasteiger partial charge in [-0.3, -0.25) is 4.79 Å². The summed E-state index contributed by atoms with van der Waals surface area (Å²) < 4.78 is 32.4. The van der Waals surface area contributed by atoms with Gasteiger partial charge in [-0.25, -0.2) is 13.4 Å². The highest BCUT2D eigenvalue weighted by atomic mass is 35.5. The summed E-state index contributed by atoms with van der Waals surface area (Å²) in [5.41, 5.74) is 0.691. The van der Waals surface area contributed by atoms with E-state index in [-0.39, 0.29) is 11.5 Å². The Kier molecular flexibility index (Phi) is 5.90. The molecule has 8 heteroatoms. The lowest BCUT2D eigenvalue weighted by atomic mass is 10.1. The minimum Gasteiger partial charge on any atom is -0.460 e. The molecule has 1 aromatic heterocycles. The van der Waals surface area contributed by atoms with E-state index in [4.69, 9.17) is 16.3 Å². The highest BCUT2D eigenvalue weighted by Crippen LogP contribution is 2.26. The number of piperidine rings is 1. The second kappa shape index (κ2) is 8.16. The van der Waals surface area contributed by atoms with E-state index in [0.717, 1.165) is 12.8 Å². The molecule has 26 heavy (non-hydrogen) atoms. The number of rotatable bonds is 5.